The van der Waals surface area contributed by atoms with Gasteiger partial charge in [0.25, 0.3) is 0 Å². The molecule has 1 atom stereocenters. The molecule has 0 aromatic heterocycles. The lowest BCUT2D eigenvalue weighted by Gasteiger charge is -2.45. The van der Waals surface area contributed by atoms with Crippen LogP contribution in [0.2, 0.25) is 0 Å². The number of methoxy groups -OCH3 is 1. The van der Waals surface area contributed by atoms with Gasteiger partial charge in [-0.15, -0.1) is 0 Å². The highest BCUT2D eigenvalue weighted by atomic mass is 16.5. The van der Waals surface area contributed by atoms with Crippen molar-refractivity contribution >= 4 is 6.21 Å². The number of hydrogen-bond donors (Lipinski definition) is 1. The van der Waals surface area contributed by atoms with Crippen LogP contribution >= 0.6 is 0 Å². The predicted octanol–water partition coefficient (Wildman–Crippen LogP) is 4.74. The number of aromatic hydroxyl groups is 1. The Balaban J connectivity index is 1.84. The summed E-state index contributed by atoms with van der Waals surface area (Å²) in [4.78, 5) is 4.60. The molecular formula is C23H29NO3. The normalized spacial score (nSPS) is 22.0. The van der Waals surface area contributed by atoms with Crippen molar-refractivity contribution in [2.45, 2.75) is 44.1 Å². The van der Waals surface area contributed by atoms with Crippen molar-refractivity contribution in [1.82, 2.24) is 0 Å². The number of phenols is 1. The van der Waals surface area contributed by atoms with E-state index in [2.05, 4.69) is 31.0 Å². The number of aliphatic imine (C=N–C) groups is 1. The molecule has 2 aromatic rings. The number of para-hydroxylation sites is 2. The van der Waals surface area contributed by atoms with E-state index in [1.165, 1.54) is 5.56 Å². The minimum Gasteiger partial charge on any atom is -0.507 e. The van der Waals surface area contributed by atoms with Crippen molar-refractivity contribution in [3.63, 3.8) is 0 Å². The lowest BCUT2D eigenvalue weighted by molar-refractivity contribution is -0.0839. The number of hydrogen-bond acceptors (Lipinski definition) is 4. The third-order valence-corrected chi connectivity index (χ3v) is 5.40. The van der Waals surface area contributed by atoms with E-state index in [0.717, 1.165) is 37.2 Å². The second kappa shape index (κ2) is 8.13. The van der Waals surface area contributed by atoms with Gasteiger partial charge in [0, 0.05) is 35.9 Å². The molecule has 0 aliphatic carbocycles. The van der Waals surface area contributed by atoms with E-state index in [-0.39, 0.29) is 16.8 Å². The molecule has 0 amide bonds. The zero-order valence-electron chi connectivity index (χ0n) is 16.4. The molecule has 1 N–H and O–H groups in total. The van der Waals surface area contributed by atoms with Crippen LogP contribution in [0.4, 0.5) is 0 Å². The summed E-state index contributed by atoms with van der Waals surface area (Å²) in [5.41, 5.74) is 1.77. The average molecular weight is 367 g/mol. The lowest BCUT2D eigenvalue weighted by Crippen LogP contribution is -2.44. The van der Waals surface area contributed by atoms with Crippen LogP contribution < -0.4 is 4.74 Å². The standard InChI is InChI=1S/C23H29NO3/c1-22(2)17-23(13-15-27-22,19-9-5-7-11-21(19)26-3)12-14-24-16-18-8-4-6-10-20(18)25/h4-11,16,25H,12-15,17H2,1-3H3. The van der Waals surface area contributed by atoms with Crippen molar-refractivity contribution in [3.8, 4) is 11.5 Å². The van der Waals surface area contributed by atoms with Gasteiger partial charge in [0.05, 0.1) is 12.7 Å². The molecule has 1 heterocycles. The molecule has 3 rings (SSSR count). The maximum absolute atomic E-state index is 9.90. The van der Waals surface area contributed by atoms with Gasteiger partial charge in [-0.05, 0) is 51.3 Å². The van der Waals surface area contributed by atoms with E-state index in [4.69, 9.17) is 9.47 Å². The smallest absolute Gasteiger partial charge is 0.124 e. The fourth-order valence-corrected chi connectivity index (χ4v) is 4.18. The molecule has 27 heavy (non-hydrogen) atoms. The average Bonchev–Trinajstić information content (AvgIpc) is 2.66. The van der Waals surface area contributed by atoms with Gasteiger partial charge in [-0.2, -0.15) is 0 Å². The fraction of sp³-hybridized carbons (Fsp3) is 0.435. The molecule has 4 heteroatoms. The van der Waals surface area contributed by atoms with E-state index < -0.39 is 0 Å². The summed E-state index contributed by atoms with van der Waals surface area (Å²) in [6.07, 6.45) is 4.54. The Morgan fingerprint density at radius 1 is 1.15 bits per heavy atom. The molecule has 2 aromatic carbocycles. The second-order valence-electron chi connectivity index (χ2n) is 7.86. The number of rotatable bonds is 6. The van der Waals surface area contributed by atoms with Gasteiger partial charge < -0.3 is 14.6 Å². The quantitative estimate of drug-likeness (QED) is 0.751. The maximum atomic E-state index is 9.90. The van der Waals surface area contributed by atoms with Crippen LogP contribution in [0.1, 0.15) is 44.2 Å². The lowest BCUT2D eigenvalue weighted by atomic mass is 9.67. The topological polar surface area (TPSA) is 51.0 Å². The Morgan fingerprint density at radius 2 is 1.89 bits per heavy atom. The van der Waals surface area contributed by atoms with Gasteiger partial charge in [-0.25, -0.2) is 0 Å². The van der Waals surface area contributed by atoms with E-state index in [1.807, 2.05) is 30.3 Å². The van der Waals surface area contributed by atoms with E-state index >= 15 is 0 Å². The Labute approximate surface area is 161 Å². The molecule has 0 spiro atoms. The SMILES string of the molecule is COc1ccccc1C1(CCN=Cc2ccccc2O)CCOC(C)(C)C1. The van der Waals surface area contributed by atoms with E-state index in [1.54, 1.807) is 19.4 Å². The van der Waals surface area contributed by atoms with Gasteiger partial charge in [-0.1, -0.05) is 30.3 Å². The maximum Gasteiger partial charge on any atom is 0.124 e. The summed E-state index contributed by atoms with van der Waals surface area (Å²) >= 11 is 0. The number of phenolic OH excluding ortho intramolecular Hbond substituents is 1. The van der Waals surface area contributed by atoms with Crippen LogP contribution in [-0.2, 0) is 10.2 Å². The van der Waals surface area contributed by atoms with Crippen LogP contribution in [0.25, 0.3) is 0 Å². The molecule has 1 aliphatic rings. The summed E-state index contributed by atoms with van der Waals surface area (Å²) in [7, 11) is 1.73. The van der Waals surface area contributed by atoms with Crippen LogP contribution in [-0.4, -0.2) is 37.2 Å². The van der Waals surface area contributed by atoms with Crippen LogP contribution in [0.15, 0.2) is 53.5 Å². The van der Waals surface area contributed by atoms with Crippen molar-refractivity contribution in [3.05, 3.63) is 59.7 Å². The Kier molecular flexibility index (Phi) is 5.85. The van der Waals surface area contributed by atoms with Crippen molar-refractivity contribution in [1.29, 1.82) is 0 Å². The zero-order valence-corrected chi connectivity index (χ0v) is 16.4. The zero-order chi connectivity index (χ0) is 19.3. The molecule has 1 aliphatic heterocycles. The monoisotopic (exact) mass is 367 g/mol. The summed E-state index contributed by atoms with van der Waals surface area (Å²) in [5.74, 6) is 1.19. The molecule has 4 nitrogen and oxygen atoms in total. The van der Waals surface area contributed by atoms with Crippen LogP contribution in [0.3, 0.4) is 0 Å². The van der Waals surface area contributed by atoms with Gasteiger partial charge in [-0.3, -0.25) is 4.99 Å². The second-order valence-corrected chi connectivity index (χ2v) is 7.86. The summed E-state index contributed by atoms with van der Waals surface area (Å²) in [6.45, 7) is 5.72. The molecule has 0 saturated carbocycles. The molecule has 1 fully saturated rings. The van der Waals surface area contributed by atoms with E-state index in [0.29, 0.717) is 6.54 Å². The summed E-state index contributed by atoms with van der Waals surface area (Å²) in [6, 6.07) is 15.6. The third-order valence-electron chi connectivity index (χ3n) is 5.40. The highest BCUT2D eigenvalue weighted by Crippen LogP contribution is 2.47. The van der Waals surface area contributed by atoms with Crippen LogP contribution in [0, 0.1) is 0 Å². The Hall–Kier alpha value is -2.33. The minimum absolute atomic E-state index is 0.0373. The molecule has 0 radical (unpaired) electrons. The van der Waals surface area contributed by atoms with Crippen molar-refractivity contribution in [2.24, 2.45) is 4.99 Å². The summed E-state index contributed by atoms with van der Waals surface area (Å²) < 4.78 is 11.7. The van der Waals surface area contributed by atoms with E-state index in [9.17, 15) is 5.11 Å². The summed E-state index contributed by atoms with van der Waals surface area (Å²) in [5, 5.41) is 9.90. The Morgan fingerprint density at radius 3 is 2.63 bits per heavy atom. The minimum atomic E-state index is -0.180. The molecule has 0 bridgehead atoms. The number of nitrogens with zero attached hydrogens (tertiary/aromatic N) is 1. The van der Waals surface area contributed by atoms with Gasteiger partial charge in [0.15, 0.2) is 0 Å². The highest BCUT2D eigenvalue weighted by Gasteiger charge is 2.43. The first-order valence-corrected chi connectivity index (χ1v) is 9.51. The first kappa shape index (κ1) is 19.4. The van der Waals surface area contributed by atoms with Crippen molar-refractivity contribution < 1.29 is 14.6 Å². The van der Waals surface area contributed by atoms with Gasteiger partial charge in [0.1, 0.15) is 11.5 Å². The first-order chi connectivity index (χ1) is 13.0. The fourth-order valence-electron chi connectivity index (χ4n) is 4.18. The largest absolute Gasteiger partial charge is 0.507 e. The van der Waals surface area contributed by atoms with Crippen LogP contribution in [0.5, 0.6) is 11.5 Å². The highest BCUT2D eigenvalue weighted by molar-refractivity contribution is 5.83. The van der Waals surface area contributed by atoms with Crippen molar-refractivity contribution in [2.75, 3.05) is 20.3 Å². The van der Waals surface area contributed by atoms with Gasteiger partial charge >= 0.3 is 0 Å². The predicted molar refractivity (Wildman–Crippen MR) is 109 cm³/mol. The third kappa shape index (κ3) is 4.51. The Bertz CT molecular complexity index is 800. The number of ether oxygens (including phenoxy) is 2. The first-order valence-electron chi connectivity index (χ1n) is 9.51. The molecule has 144 valence electrons. The molecular weight excluding hydrogens is 338 g/mol. The molecule has 1 unspecified atom stereocenters. The number of benzene rings is 2. The molecule has 1 saturated heterocycles. The van der Waals surface area contributed by atoms with Gasteiger partial charge in [0.2, 0.25) is 0 Å².